The molecule has 0 saturated heterocycles. The molecule has 0 saturated carbocycles. The fourth-order valence-corrected chi connectivity index (χ4v) is 2.21. The first-order chi connectivity index (χ1) is 8.97. The van der Waals surface area contributed by atoms with E-state index in [1.807, 2.05) is 12.1 Å². The van der Waals surface area contributed by atoms with Crippen LogP contribution in [0.25, 0.3) is 10.9 Å². The summed E-state index contributed by atoms with van der Waals surface area (Å²) in [7, 11) is 1.68. The average molecular weight is 258 g/mol. The van der Waals surface area contributed by atoms with Gasteiger partial charge in [-0.15, -0.1) is 0 Å². The summed E-state index contributed by atoms with van der Waals surface area (Å²) in [5.74, 6) is 1.77. The Hall–Kier alpha value is -1.77. The summed E-state index contributed by atoms with van der Waals surface area (Å²) < 4.78 is 5.40. The summed E-state index contributed by atoms with van der Waals surface area (Å²) in [6.07, 6.45) is 0. The van der Waals surface area contributed by atoms with Gasteiger partial charge in [-0.05, 0) is 24.5 Å². The number of aromatic nitrogens is 1. The molecule has 0 radical (unpaired) electrons. The Bertz CT molecular complexity index is 585. The normalized spacial score (nSPS) is 11.6. The van der Waals surface area contributed by atoms with Crippen molar-refractivity contribution in [3.05, 3.63) is 29.8 Å². The molecule has 2 rings (SSSR count). The third kappa shape index (κ3) is 2.65. The molecule has 0 aliphatic carbocycles. The fraction of sp³-hybridized carbons (Fsp3) is 0.438. The number of para-hydroxylation sites is 1. The lowest BCUT2D eigenvalue weighted by Gasteiger charge is -2.23. The number of anilines is 1. The first kappa shape index (κ1) is 13.7. The second kappa shape index (κ2) is 5.08. The molecule has 0 spiro atoms. The van der Waals surface area contributed by atoms with Crippen molar-refractivity contribution < 1.29 is 4.74 Å². The molecule has 2 aromatic rings. The van der Waals surface area contributed by atoms with Crippen molar-refractivity contribution in [2.75, 3.05) is 19.0 Å². The lowest BCUT2D eigenvalue weighted by molar-refractivity contribution is 0.419. The van der Waals surface area contributed by atoms with E-state index in [9.17, 15) is 0 Å². The monoisotopic (exact) mass is 258 g/mol. The van der Waals surface area contributed by atoms with Crippen LogP contribution >= 0.6 is 0 Å². The van der Waals surface area contributed by atoms with Crippen LogP contribution < -0.4 is 10.1 Å². The Kier molecular flexibility index (Phi) is 3.65. The lowest BCUT2D eigenvalue weighted by Crippen LogP contribution is -2.16. The van der Waals surface area contributed by atoms with Gasteiger partial charge in [0.2, 0.25) is 0 Å². The quantitative estimate of drug-likeness (QED) is 0.904. The Balaban J connectivity index is 2.72. The summed E-state index contributed by atoms with van der Waals surface area (Å²) in [4.78, 5) is 4.77. The number of fused-ring (bicyclic) bond motifs is 1. The average Bonchev–Trinajstić information content (AvgIpc) is 2.36. The van der Waals surface area contributed by atoms with E-state index in [4.69, 9.17) is 9.72 Å². The highest BCUT2D eigenvalue weighted by Gasteiger charge is 2.20. The zero-order chi connectivity index (χ0) is 14.0. The molecule has 1 heterocycles. The number of ether oxygens (including phenoxy) is 1. The molecule has 0 unspecified atom stereocenters. The second-order valence-electron chi connectivity index (χ2n) is 5.70. The maximum atomic E-state index is 5.40. The number of rotatable bonds is 3. The number of pyridine rings is 1. The SMILES string of the molecule is CCNc1nc2c(OC)cccc2cc1C(C)(C)C. The standard InChI is InChI=1S/C16H22N2O/c1-6-17-15-12(16(2,3)4)10-11-8-7-9-13(19-5)14(11)18-15/h7-10H,6H2,1-5H3,(H,17,18). The Morgan fingerprint density at radius 1 is 1.26 bits per heavy atom. The molecule has 1 aromatic heterocycles. The van der Waals surface area contributed by atoms with E-state index in [0.29, 0.717) is 0 Å². The van der Waals surface area contributed by atoms with Crippen LogP contribution in [-0.4, -0.2) is 18.6 Å². The molecule has 102 valence electrons. The Labute approximate surface area is 115 Å². The van der Waals surface area contributed by atoms with Crippen LogP contribution in [0.5, 0.6) is 5.75 Å². The molecular formula is C16H22N2O. The first-order valence-corrected chi connectivity index (χ1v) is 6.69. The molecule has 0 atom stereocenters. The molecule has 1 aromatic carbocycles. The van der Waals surface area contributed by atoms with Crippen molar-refractivity contribution in [3.8, 4) is 5.75 Å². The molecule has 0 fully saturated rings. The van der Waals surface area contributed by atoms with Gasteiger partial charge in [0.05, 0.1) is 7.11 Å². The van der Waals surface area contributed by atoms with Crippen molar-refractivity contribution in [2.45, 2.75) is 33.1 Å². The van der Waals surface area contributed by atoms with Crippen LogP contribution in [0.1, 0.15) is 33.3 Å². The van der Waals surface area contributed by atoms with Gasteiger partial charge in [-0.2, -0.15) is 0 Å². The van der Waals surface area contributed by atoms with Crippen LogP contribution in [0.4, 0.5) is 5.82 Å². The maximum absolute atomic E-state index is 5.40. The van der Waals surface area contributed by atoms with Crippen LogP contribution in [0.2, 0.25) is 0 Å². The topological polar surface area (TPSA) is 34.2 Å². The largest absolute Gasteiger partial charge is 0.494 e. The fourth-order valence-electron chi connectivity index (χ4n) is 2.21. The van der Waals surface area contributed by atoms with Gasteiger partial charge in [-0.3, -0.25) is 0 Å². The number of methoxy groups -OCH3 is 1. The third-order valence-corrected chi connectivity index (χ3v) is 3.18. The van der Waals surface area contributed by atoms with Gasteiger partial charge in [0, 0.05) is 17.5 Å². The lowest BCUT2D eigenvalue weighted by atomic mass is 9.86. The van der Waals surface area contributed by atoms with E-state index < -0.39 is 0 Å². The smallest absolute Gasteiger partial charge is 0.145 e. The minimum absolute atomic E-state index is 0.0573. The summed E-state index contributed by atoms with van der Waals surface area (Å²) in [5, 5.41) is 4.48. The van der Waals surface area contributed by atoms with Gasteiger partial charge in [-0.25, -0.2) is 4.98 Å². The highest BCUT2D eigenvalue weighted by molar-refractivity contribution is 5.87. The van der Waals surface area contributed by atoms with E-state index >= 15 is 0 Å². The molecule has 0 aliphatic heterocycles. The summed E-state index contributed by atoms with van der Waals surface area (Å²) in [6, 6.07) is 8.24. The van der Waals surface area contributed by atoms with Crippen LogP contribution in [0, 0.1) is 0 Å². The van der Waals surface area contributed by atoms with Gasteiger partial charge in [0.1, 0.15) is 17.1 Å². The number of nitrogens with one attached hydrogen (secondary N) is 1. The number of nitrogens with zero attached hydrogens (tertiary/aromatic N) is 1. The minimum Gasteiger partial charge on any atom is -0.494 e. The minimum atomic E-state index is 0.0573. The van der Waals surface area contributed by atoms with E-state index in [-0.39, 0.29) is 5.41 Å². The second-order valence-corrected chi connectivity index (χ2v) is 5.70. The highest BCUT2D eigenvalue weighted by Crippen LogP contribution is 2.33. The van der Waals surface area contributed by atoms with Crippen molar-refractivity contribution in [1.29, 1.82) is 0 Å². The molecular weight excluding hydrogens is 236 g/mol. The Morgan fingerprint density at radius 3 is 2.58 bits per heavy atom. The predicted octanol–water partition coefficient (Wildman–Crippen LogP) is 3.97. The van der Waals surface area contributed by atoms with E-state index in [2.05, 4.69) is 45.1 Å². The highest BCUT2D eigenvalue weighted by atomic mass is 16.5. The molecule has 3 nitrogen and oxygen atoms in total. The van der Waals surface area contributed by atoms with Crippen LogP contribution in [-0.2, 0) is 5.41 Å². The summed E-state index contributed by atoms with van der Waals surface area (Å²) >= 11 is 0. The third-order valence-electron chi connectivity index (χ3n) is 3.18. The van der Waals surface area contributed by atoms with Gasteiger partial charge in [0.25, 0.3) is 0 Å². The van der Waals surface area contributed by atoms with Gasteiger partial charge >= 0.3 is 0 Å². The summed E-state index contributed by atoms with van der Waals surface area (Å²) in [6.45, 7) is 9.56. The van der Waals surface area contributed by atoms with Crippen LogP contribution in [0.3, 0.4) is 0 Å². The van der Waals surface area contributed by atoms with Crippen molar-refractivity contribution in [3.63, 3.8) is 0 Å². The van der Waals surface area contributed by atoms with E-state index in [1.54, 1.807) is 7.11 Å². The molecule has 19 heavy (non-hydrogen) atoms. The van der Waals surface area contributed by atoms with Gasteiger partial charge in [0.15, 0.2) is 0 Å². The van der Waals surface area contributed by atoms with E-state index in [1.165, 1.54) is 5.56 Å². The maximum Gasteiger partial charge on any atom is 0.145 e. The Morgan fingerprint density at radius 2 is 2.00 bits per heavy atom. The molecule has 0 bridgehead atoms. The van der Waals surface area contributed by atoms with Gasteiger partial charge < -0.3 is 10.1 Å². The van der Waals surface area contributed by atoms with Crippen molar-refractivity contribution >= 4 is 16.7 Å². The van der Waals surface area contributed by atoms with Crippen molar-refractivity contribution in [2.24, 2.45) is 0 Å². The number of hydrogen-bond acceptors (Lipinski definition) is 3. The number of hydrogen-bond donors (Lipinski definition) is 1. The first-order valence-electron chi connectivity index (χ1n) is 6.69. The zero-order valence-electron chi connectivity index (χ0n) is 12.4. The molecule has 0 aliphatic rings. The molecule has 3 heteroatoms. The predicted molar refractivity (Wildman–Crippen MR) is 81.2 cm³/mol. The number of benzene rings is 1. The molecule has 1 N–H and O–H groups in total. The van der Waals surface area contributed by atoms with Crippen LogP contribution in [0.15, 0.2) is 24.3 Å². The van der Waals surface area contributed by atoms with Crippen molar-refractivity contribution in [1.82, 2.24) is 4.98 Å². The van der Waals surface area contributed by atoms with E-state index in [0.717, 1.165) is 29.0 Å². The summed E-state index contributed by atoms with van der Waals surface area (Å²) in [5.41, 5.74) is 2.20. The van der Waals surface area contributed by atoms with Gasteiger partial charge in [-0.1, -0.05) is 32.9 Å². The molecule has 0 amide bonds. The zero-order valence-corrected chi connectivity index (χ0v) is 12.4.